The van der Waals surface area contributed by atoms with Gasteiger partial charge >= 0.3 is 0 Å². The SMILES string of the molecule is CN(C)c1ccc(C2N=NC(=O)c3ccccc32)cc1. The zero-order valence-corrected chi connectivity index (χ0v) is 11.4. The molecule has 1 atom stereocenters. The molecular formula is C16H15N3O. The summed E-state index contributed by atoms with van der Waals surface area (Å²) in [6.45, 7) is 0. The molecule has 2 aromatic rings. The molecule has 2 aromatic carbocycles. The summed E-state index contributed by atoms with van der Waals surface area (Å²) < 4.78 is 0. The highest BCUT2D eigenvalue weighted by Gasteiger charge is 2.24. The highest BCUT2D eigenvalue weighted by atomic mass is 16.1. The average Bonchev–Trinajstić information content (AvgIpc) is 2.48. The molecule has 1 heterocycles. The van der Waals surface area contributed by atoms with Crippen molar-refractivity contribution in [2.75, 3.05) is 19.0 Å². The van der Waals surface area contributed by atoms with Gasteiger partial charge in [0.05, 0.1) is 0 Å². The molecule has 0 saturated carbocycles. The maximum Gasteiger partial charge on any atom is 0.295 e. The van der Waals surface area contributed by atoms with Gasteiger partial charge in [0, 0.05) is 25.3 Å². The van der Waals surface area contributed by atoms with Gasteiger partial charge in [-0.15, -0.1) is 5.11 Å². The number of nitrogens with zero attached hydrogens (tertiary/aromatic N) is 3. The van der Waals surface area contributed by atoms with Crippen LogP contribution in [0.3, 0.4) is 0 Å². The fourth-order valence-electron chi connectivity index (χ4n) is 2.36. The van der Waals surface area contributed by atoms with Gasteiger partial charge in [0.1, 0.15) is 6.04 Å². The van der Waals surface area contributed by atoms with Gasteiger partial charge < -0.3 is 4.90 Å². The van der Waals surface area contributed by atoms with Gasteiger partial charge in [0.15, 0.2) is 0 Å². The number of hydrogen-bond donors (Lipinski definition) is 0. The summed E-state index contributed by atoms with van der Waals surface area (Å²) in [5.41, 5.74) is 3.74. The van der Waals surface area contributed by atoms with Crippen LogP contribution >= 0.6 is 0 Å². The monoisotopic (exact) mass is 265 g/mol. The Hall–Kier alpha value is -2.49. The van der Waals surface area contributed by atoms with Crippen LogP contribution < -0.4 is 4.90 Å². The summed E-state index contributed by atoms with van der Waals surface area (Å²) in [5, 5.41) is 7.92. The number of fused-ring (bicyclic) bond motifs is 1. The number of carbonyl (C=O) groups excluding carboxylic acids is 1. The van der Waals surface area contributed by atoms with E-state index in [0.717, 1.165) is 16.8 Å². The van der Waals surface area contributed by atoms with Crippen molar-refractivity contribution in [2.45, 2.75) is 6.04 Å². The molecule has 4 heteroatoms. The van der Waals surface area contributed by atoms with E-state index in [0.29, 0.717) is 5.56 Å². The van der Waals surface area contributed by atoms with Gasteiger partial charge in [-0.1, -0.05) is 30.3 Å². The molecule has 0 radical (unpaired) electrons. The first-order valence-corrected chi connectivity index (χ1v) is 6.48. The third kappa shape index (κ3) is 2.09. The normalized spacial score (nSPS) is 16.9. The molecule has 0 saturated heterocycles. The van der Waals surface area contributed by atoms with E-state index in [1.165, 1.54) is 0 Å². The Morgan fingerprint density at radius 1 is 1.00 bits per heavy atom. The molecule has 3 rings (SSSR count). The molecule has 0 aliphatic carbocycles. The molecule has 1 aliphatic heterocycles. The van der Waals surface area contributed by atoms with Crippen LogP contribution in [0.1, 0.15) is 27.5 Å². The van der Waals surface area contributed by atoms with Crippen LogP contribution in [0.25, 0.3) is 0 Å². The molecule has 4 nitrogen and oxygen atoms in total. The molecule has 0 N–H and O–H groups in total. The molecule has 0 bridgehead atoms. The predicted octanol–water partition coefficient (Wildman–Crippen LogP) is 3.45. The minimum atomic E-state index is -0.262. The van der Waals surface area contributed by atoms with Crippen LogP contribution in [0.4, 0.5) is 5.69 Å². The minimum absolute atomic E-state index is 0.194. The number of anilines is 1. The zero-order valence-electron chi connectivity index (χ0n) is 11.4. The predicted molar refractivity (Wildman–Crippen MR) is 78.2 cm³/mol. The maximum absolute atomic E-state index is 11.7. The Kier molecular flexibility index (Phi) is 3.06. The smallest absolute Gasteiger partial charge is 0.295 e. The highest BCUT2D eigenvalue weighted by Crippen LogP contribution is 2.33. The molecule has 1 amide bonds. The Balaban J connectivity index is 2.02. The number of hydrogen-bond acceptors (Lipinski definition) is 3. The van der Waals surface area contributed by atoms with E-state index < -0.39 is 0 Å². The first-order valence-electron chi connectivity index (χ1n) is 6.48. The Morgan fingerprint density at radius 2 is 1.70 bits per heavy atom. The van der Waals surface area contributed by atoms with E-state index in [9.17, 15) is 4.79 Å². The van der Waals surface area contributed by atoms with Gasteiger partial charge in [0.25, 0.3) is 5.91 Å². The average molecular weight is 265 g/mol. The van der Waals surface area contributed by atoms with Crippen molar-refractivity contribution in [1.29, 1.82) is 0 Å². The lowest BCUT2D eigenvalue weighted by Gasteiger charge is -2.19. The lowest BCUT2D eigenvalue weighted by atomic mass is 9.93. The third-order valence-corrected chi connectivity index (χ3v) is 3.48. The molecule has 1 unspecified atom stereocenters. The number of rotatable bonds is 2. The summed E-state index contributed by atoms with van der Waals surface area (Å²) in [6.07, 6.45) is 0. The van der Waals surface area contributed by atoms with E-state index in [1.54, 1.807) is 6.07 Å². The van der Waals surface area contributed by atoms with Crippen molar-refractivity contribution >= 4 is 11.6 Å². The summed E-state index contributed by atoms with van der Waals surface area (Å²) in [7, 11) is 4.01. The van der Waals surface area contributed by atoms with E-state index in [1.807, 2.05) is 61.5 Å². The lowest BCUT2D eigenvalue weighted by molar-refractivity contribution is 0.0986. The first-order chi connectivity index (χ1) is 9.66. The molecule has 100 valence electrons. The Bertz CT molecular complexity index is 674. The van der Waals surface area contributed by atoms with Gasteiger partial charge in [-0.2, -0.15) is 5.11 Å². The van der Waals surface area contributed by atoms with Gasteiger partial charge in [-0.05, 0) is 29.3 Å². The van der Waals surface area contributed by atoms with Crippen molar-refractivity contribution in [3.63, 3.8) is 0 Å². The maximum atomic E-state index is 11.7. The van der Waals surface area contributed by atoms with Gasteiger partial charge in [-0.25, -0.2) is 0 Å². The molecule has 1 aliphatic rings. The Labute approximate surface area is 117 Å². The van der Waals surface area contributed by atoms with E-state index in [2.05, 4.69) is 10.2 Å². The molecule has 0 spiro atoms. The van der Waals surface area contributed by atoms with E-state index >= 15 is 0 Å². The van der Waals surface area contributed by atoms with Gasteiger partial charge in [-0.3, -0.25) is 4.79 Å². The van der Waals surface area contributed by atoms with Crippen molar-refractivity contribution in [1.82, 2.24) is 0 Å². The zero-order chi connectivity index (χ0) is 14.1. The topological polar surface area (TPSA) is 45.0 Å². The van der Waals surface area contributed by atoms with E-state index in [-0.39, 0.29) is 11.9 Å². The van der Waals surface area contributed by atoms with Crippen LogP contribution in [0.15, 0.2) is 58.8 Å². The number of amides is 1. The molecule has 0 fully saturated rings. The third-order valence-electron chi connectivity index (χ3n) is 3.48. The quantitative estimate of drug-likeness (QED) is 0.834. The second kappa shape index (κ2) is 4.89. The first kappa shape index (κ1) is 12.5. The standard InChI is InChI=1S/C16H15N3O/c1-19(2)12-9-7-11(8-10-12)15-13-5-3-4-6-14(13)16(20)18-17-15/h3-10,15H,1-2H3. The second-order valence-corrected chi connectivity index (χ2v) is 5.00. The van der Waals surface area contributed by atoms with Crippen LogP contribution in [-0.4, -0.2) is 20.0 Å². The minimum Gasteiger partial charge on any atom is -0.378 e. The fourth-order valence-corrected chi connectivity index (χ4v) is 2.36. The molecule has 20 heavy (non-hydrogen) atoms. The highest BCUT2D eigenvalue weighted by molar-refractivity contribution is 5.97. The van der Waals surface area contributed by atoms with E-state index in [4.69, 9.17) is 0 Å². The van der Waals surface area contributed by atoms with Gasteiger partial charge in [0.2, 0.25) is 0 Å². The van der Waals surface area contributed by atoms with Crippen molar-refractivity contribution in [3.05, 3.63) is 65.2 Å². The van der Waals surface area contributed by atoms with Crippen molar-refractivity contribution in [2.24, 2.45) is 10.2 Å². The van der Waals surface area contributed by atoms with Crippen molar-refractivity contribution < 1.29 is 4.79 Å². The summed E-state index contributed by atoms with van der Waals surface area (Å²) in [6, 6.07) is 15.5. The Morgan fingerprint density at radius 3 is 2.40 bits per heavy atom. The molecule has 0 aromatic heterocycles. The van der Waals surface area contributed by atoms with Crippen molar-refractivity contribution in [3.8, 4) is 0 Å². The summed E-state index contributed by atoms with van der Waals surface area (Å²) >= 11 is 0. The largest absolute Gasteiger partial charge is 0.378 e. The van der Waals surface area contributed by atoms with Crippen LogP contribution in [-0.2, 0) is 0 Å². The summed E-state index contributed by atoms with van der Waals surface area (Å²) in [5.74, 6) is -0.262. The van der Waals surface area contributed by atoms with Crippen LogP contribution in [0.2, 0.25) is 0 Å². The van der Waals surface area contributed by atoms with Crippen LogP contribution in [0.5, 0.6) is 0 Å². The fraction of sp³-hybridized carbons (Fsp3) is 0.188. The second-order valence-electron chi connectivity index (χ2n) is 5.00. The number of carbonyl (C=O) groups is 1. The number of benzene rings is 2. The number of azo groups is 1. The van der Waals surface area contributed by atoms with Crippen LogP contribution in [0, 0.1) is 0 Å². The molecular weight excluding hydrogens is 250 g/mol. The summed E-state index contributed by atoms with van der Waals surface area (Å²) in [4.78, 5) is 13.8. The lowest BCUT2D eigenvalue weighted by Crippen LogP contribution is -2.12.